The Morgan fingerprint density at radius 3 is 1.84 bits per heavy atom. The molecule has 0 saturated carbocycles. The van der Waals surface area contributed by atoms with E-state index >= 15 is 0 Å². The lowest BCUT2D eigenvalue weighted by Gasteiger charge is -2.19. The fourth-order valence-electron chi connectivity index (χ4n) is 9.62. The van der Waals surface area contributed by atoms with Crippen molar-refractivity contribution in [1.29, 1.82) is 0 Å². The maximum absolute atomic E-state index is 6.57. The summed E-state index contributed by atoms with van der Waals surface area (Å²) in [4.78, 5) is 8.89. The van der Waals surface area contributed by atoms with E-state index in [1.807, 2.05) is 24.8 Å². The van der Waals surface area contributed by atoms with Crippen molar-refractivity contribution in [2.75, 3.05) is 0 Å². The molecule has 6 nitrogen and oxygen atoms in total. The van der Waals surface area contributed by atoms with Crippen LogP contribution in [0.15, 0.2) is 181 Å². The minimum absolute atomic E-state index is 0.0165. The van der Waals surface area contributed by atoms with Crippen LogP contribution in [0.4, 0.5) is 0 Å². The highest BCUT2D eigenvalue weighted by Gasteiger charge is 2.31. The molecular weight excluding hydrogens is 713 g/mol. The largest absolute Gasteiger partial charge is 0.485 e. The number of hydrogen-bond acceptors (Lipinski definition) is 4. The predicted molar refractivity (Wildman–Crippen MR) is 235 cm³/mol. The van der Waals surface area contributed by atoms with E-state index in [1.165, 1.54) is 33.0 Å². The van der Waals surface area contributed by atoms with Gasteiger partial charge in [0.25, 0.3) is 0 Å². The zero-order chi connectivity index (χ0) is 37.9. The van der Waals surface area contributed by atoms with Crippen LogP contribution in [0, 0.1) is 0 Å². The van der Waals surface area contributed by atoms with Crippen LogP contribution < -0.4 is 4.74 Å². The zero-order valence-electron chi connectivity index (χ0n) is 31.1. The van der Waals surface area contributed by atoms with Crippen LogP contribution >= 0.6 is 0 Å². The summed E-state index contributed by atoms with van der Waals surface area (Å²) in [6.07, 6.45) is 13.1. The maximum Gasteiger partial charge on any atom is 0.135 e. The van der Waals surface area contributed by atoms with Crippen LogP contribution in [0.3, 0.4) is 0 Å². The quantitative estimate of drug-likeness (QED) is 0.180. The fraction of sp³-hybridized carbons (Fsp3) is 0.0385. The number of para-hydroxylation sites is 2. The number of furan rings is 1. The van der Waals surface area contributed by atoms with E-state index in [0.717, 1.165) is 89.4 Å². The highest BCUT2D eigenvalue weighted by molar-refractivity contribution is 6.11. The third-order valence-electron chi connectivity index (χ3n) is 12.2. The van der Waals surface area contributed by atoms with Crippen molar-refractivity contribution in [3.8, 4) is 28.3 Å². The number of benzene rings is 6. The number of pyridine rings is 2. The first kappa shape index (κ1) is 31.5. The molecule has 0 N–H and O–H groups in total. The van der Waals surface area contributed by atoms with Crippen LogP contribution in [-0.4, -0.2) is 25.2 Å². The van der Waals surface area contributed by atoms with Crippen molar-refractivity contribution in [3.63, 3.8) is 0 Å². The molecule has 5 aromatic heterocycles. The molecule has 0 radical (unpaired) electrons. The molecule has 11 aromatic rings. The minimum atomic E-state index is -0.0165. The average molecular weight is 745 g/mol. The maximum atomic E-state index is 6.57. The average Bonchev–Trinajstić information content (AvgIpc) is 4.03. The highest BCUT2D eigenvalue weighted by atomic mass is 16.5. The highest BCUT2D eigenvalue weighted by Crippen LogP contribution is 2.46. The summed E-state index contributed by atoms with van der Waals surface area (Å²) in [7, 11) is 0. The molecule has 58 heavy (non-hydrogen) atoms. The first-order valence-corrected chi connectivity index (χ1v) is 19.7. The summed E-state index contributed by atoms with van der Waals surface area (Å²) in [5, 5.41) is 6.85. The van der Waals surface area contributed by atoms with Crippen molar-refractivity contribution in [2.24, 2.45) is 0 Å². The standard InChI is InChI=1S/C52H32N4O2/c1-2-8-36(32-14-18-50-40(26-32)42-28-34(16-20-52(42)58-50)56-46-12-6-4-10-38(46)44-30-54-24-22-48(44)56)35(7-1)31-13-17-49-39(25-31)41-27-33(15-19-51(41)57-49)55-45-11-5-3-9-37(45)43-29-53-23-21-47(43)55/h1-17,19-30,50H,18H2. The Hall–Kier alpha value is -7.70. The van der Waals surface area contributed by atoms with E-state index in [2.05, 4.69) is 171 Å². The normalized spacial score (nSPS) is 15.0. The van der Waals surface area contributed by atoms with Crippen LogP contribution in [0.25, 0.3) is 99.2 Å². The first-order chi connectivity index (χ1) is 28.7. The lowest BCUT2D eigenvalue weighted by molar-refractivity contribution is 0.279. The molecule has 2 aliphatic rings. The van der Waals surface area contributed by atoms with Gasteiger partial charge in [0.1, 0.15) is 23.0 Å². The Morgan fingerprint density at radius 1 is 0.500 bits per heavy atom. The van der Waals surface area contributed by atoms with Crippen molar-refractivity contribution < 1.29 is 9.15 Å². The monoisotopic (exact) mass is 744 g/mol. The van der Waals surface area contributed by atoms with Gasteiger partial charge >= 0.3 is 0 Å². The van der Waals surface area contributed by atoms with Gasteiger partial charge in [-0.1, -0.05) is 72.8 Å². The van der Waals surface area contributed by atoms with Crippen molar-refractivity contribution in [1.82, 2.24) is 19.1 Å². The van der Waals surface area contributed by atoms with E-state index in [4.69, 9.17) is 9.15 Å². The van der Waals surface area contributed by atoms with Gasteiger partial charge in [-0.15, -0.1) is 0 Å². The van der Waals surface area contributed by atoms with Gasteiger partial charge in [-0.2, -0.15) is 0 Å². The van der Waals surface area contributed by atoms with Gasteiger partial charge in [0.15, 0.2) is 0 Å². The molecule has 0 amide bonds. The summed E-state index contributed by atoms with van der Waals surface area (Å²) in [6, 6.07) is 49.7. The SMILES string of the molecule is C1=C(c2ccccc2-c2ccc3oc4ccc(-n5c6ccccc6c6cnccc65)cc4c3c2)C=C2c3cc(-n4c5ccccc5c5cnccc54)ccc3OC2C1. The first-order valence-electron chi connectivity index (χ1n) is 19.7. The van der Waals surface area contributed by atoms with Crippen molar-refractivity contribution >= 4 is 76.7 Å². The van der Waals surface area contributed by atoms with Gasteiger partial charge in [-0.05, 0) is 101 Å². The minimum Gasteiger partial charge on any atom is -0.485 e. The Balaban J connectivity index is 0.911. The van der Waals surface area contributed by atoms with E-state index in [9.17, 15) is 0 Å². The smallest absolute Gasteiger partial charge is 0.135 e. The number of allylic oxidation sites excluding steroid dienone is 2. The van der Waals surface area contributed by atoms with Crippen LogP contribution in [0.5, 0.6) is 5.75 Å². The predicted octanol–water partition coefficient (Wildman–Crippen LogP) is 12.9. The Bertz CT molecular complexity index is 3490. The summed E-state index contributed by atoms with van der Waals surface area (Å²) in [5.41, 5.74) is 15.6. The zero-order valence-corrected chi connectivity index (χ0v) is 31.1. The number of ether oxygens (including phenoxy) is 1. The molecule has 1 unspecified atom stereocenters. The van der Waals surface area contributed by atoms with E-state index in [1.54, 1.807) is 0 Å². The fourth-order valence-corrected chi connectivity index (χ4v) is 9.62. The molecule has 13 rings (SSSR count). The van der Waals surface area contributed by atoms with Gasteiger partial charge in [0.2, 0.25) is 0 Å². The molecule has 1 aliphatic heterocycles. The third kappa shape index (κ3) is 4.48. The van der Waals surface area contributed by atoms with Gasteiger partial charge in [-0.3, -0.25) is 9.97 Å². The molecule has 1 aliphatic carbocycles. The second-order valence-corrected chi connectivity index (χ2v) is 15.3. The molecule has 1 atom stereocenters. The Kier molecular flexibility index (Phi) is 6.46. The van der Waals surface area contributed by atoms with E-state index in [-0.39, 0.29) is 6.10 Å². The second kappa shape index (κ2) is 11.9. The number of rotatable bonds is 4. The van der Waals surface area contributed by atoms with Gasteiger partial charge in [-0.25, -0.2) is 0 Å². The number of nitrogens with zero attached hydrogens (tertiary/aromatic N) is 4. The third-order valence-corrected chi connectivity index (χ3v) is 12.2. The lowest BCUT2D eigenvalue weighted by Crippen LogP contribution is -2.13. The van der Waals surface area contributed by atoms with E-state index < -0.39 is 0 Å². The summed E-state index contributed by atoms with van der Waals surface area (Å²) in [5.74, 6) is 0.930. The van der Waals surface area contributed by atoms with Gasteiger partial charge in [0, 0.05) is 86.0 Å². The van der Waals surface area contributed by atoms with Gasteiger partial charge in [0.05, 0.1) is 22.1 Å². The van der Waals surface area contributed by atoms with Crippen LogP contribution in [0.2, 0.25) is 0 Å². The molecule has 0 saturated heterocycles. The molecule has 0 fully saturated rings. The number of hydrogen-bond donors (Lipinski definition) is 0. The molecule has 0 spiro atoms. The summed E-state index contributed by atoms with van der Waals surface area (Å²) < 4.78 is 17.7. The topological polar surface area (TPSA) is 58.0 Å². The van der Waals surface area contributed by atoms with E-state index in [0.29, 0.717) is 0 Å². The lowest BCUT2D eigenvalue weighted by atomic mass is 9.86. The van der Waals surface area contributed by atoms with Crippen molar-refractivity contribution in [3.05, 3.63) is 188 Å². The molecule has 272 valence electrons. The Labute approximate surface area is 332 Å². The second-order valence-electron chi connectivity index (χ2n) is 15.3. The Morgan fingerprint density at radius 2 is 1.10 bits per heavy atom. The van der Waals surface area contributed by atoms with Crippen molar-refractivity contribution in [2.45, 2.75) is 12.5 Å². The van der Waals surface area contributed by atoms with Crippen LogP contribution in [0.1, 0.15) is 17.5 Å². The molecule has 6 heterocycles. The summed E-state index contributed by atoms with van der Waals surface area (Å²) in [6.45, 7) is 0. The van der Waals surface area contributed by atoms with Gasteiger partial charge < -0.3 is 18.3 Å². The number of fused-ring (bicyclic) bond motifs is 12. The molecule has 6 heteroatoms. The molecular formula is C52H32N4O2. The molecule has 6 aromatic carbocycles. The summed E-state index contributed by atoms with van der Waals surface area (Å²) >= 11 is 0. The van der Waals surface area contributed by atoms with Crippen LogP contribution in [-0.2, 0) is 0 Å². The number of aromatic nitrogens is 4. The molecule has 0 bridgehead atoms.